The molecular formula is C66H42N2S2. The maximum Gasteiger partial charge on any atom is 0.0540 e. The van der Waals surface area contributed by atoms with E-state index in [4.69, 9.17) is 0 Å². The molecule has 2 heterocycles. The van der Waals surface area contributed by atoms with Crippen molar-refractivity contribution in [3.05, 3.63) is 255 Å². The molecule has 14 aromatic rings. The highest BCUT2D eigenvalue weighted by Gasteiger charge is 2.22. The van der Waals surface area contributed by atoms with Gasteiger partial charge in [-0.3, -0.25) is 0 Å². The van der Waals surface area contributed by atoms with Crippen molar-refractivity contribution in [3.8, 4) is 22.3 Å². The fourth-order valence-electron chi connectivity index (χ4n) is 10.8. The van der Waals surface area contributed by atoms with Gasteiger partial charge >= 0.3 is 0 Å². The molecule has 70 heavy (non-hydrogen) atoms. The number of anilines is 6. The first-order valence-corrected chi connectivity index (χ1v) is 25.5. The summed E-state index contributed by atoms with van der Waals surface area (Å²) in [4.78, 5) is 4.78. The third-order valence-corrected chi connectivity index (χ3v) is 16.5. The van der Waals surface area contributed by atoms with E-state index >= 15 is 0 Å². The SMILES string of the molecule is c1ccc(N(c2ccc(-c3cccc4ccccc34)cc2)c2ccc3c(c2)sc2c4sc5cc(N(c6ccccc6)c6ccc(-c7cccc8ccccc78)cc6)ccc5c4c4ccccc4c32)cc1. The van der Waals surface area contributed by atoms with Crippen LogP contribution in [-0.4, -0.2) is 0 Å². The van der Waals surface area contributed by atoms with Crippen molar-refractivity contribution in [2.45, 2.75) is 0 Å². The Morgan fingerprint density at radius 3 is 1.01 bits per heavy atom. The van der Waals surface area contributed by atoms with Gasteiger partial charge in [-0.15, -0.1) is 22.7 Å². The maximum absolute atomic E-state index is 2.40. The monoisotopic (exact) mass is 926 g/mol. The molecule has 0 amide bonds. The largest absolute Gasteiger partial charge is 0.310 e. The van der Waals surface area contributed by atoms with Crippen LogP contribution < -0.4 is 9.80 Å². The third kappa shape index (κ3) is 6.68. The Hall–Kier alpha value is -8.54. The van der Waals surface area contributed by atoms with Crippen LogP contribution in [0.25, 0.3) is 94.9 Å². The highest BCUT2D eigenvalue weighted by Crippen LogP contribution is 2.51. The number of thiophene rings is 2. The molecule has 0 aliphatic heterocycles. The zero-order valence-electron chi connectivity index (χ0n) is 38.0. The lowest BCUT2D eigenvalue weighted by Gasteiger charge is -2.26. The van der Waals surface area contributed by atoms with E-state index in [1.807, 2.05) is 22.7 Å². The summed E-state index contributed by atoms with van der Waals surface area (Å²) in [5.74, 6) is 0. The number of hydrogen-bond acceptors (Lipinski definition) is 4. The molecule has 328 valence electrons. The van der Waals surface area contributed by atoms with Crippen molar-refractivity contribution in [3.63, 3.8) is 0 Å². The predicted octanol–water partition coefficient (Wildman–Crippen LogP) is 20.2. The second-order valence-electron chi connectivity index (χ2n) is 18.0. The number of para-hydroxylation sites is 2. The molecule has 2 nitrogen and oxygen atoms in total. The number of benzene rings is 12. The lowest BCUT2D eigenvalue weighted by molar-refractivity contribution is 1.29. The molecule has 0 aliphatic carbocycles. The van der Waals surface area contributed by atoms with E-state index in [0.29, 0.717) is 0 Å². The first-order valence-electron chi connectivity index (χ1n) is 23.8. The quantitative estimate of drug-likeness (QED) is 0.150. The van der Waals surface area contributed by atoms with E-state index in [1.54, 1.807) is 0 Å². The van der Waals surface area contributed by atoms with Crippen molar-refractivity contribution in [2.75, 3.05) is 9.80 Å². The summed E-state index contributed by atoms with van der Waals surface area (Å²) in [5.41, 5.74) is 11.7. The Bertz CT molecular complexity index is 4000. The van der Waals surface area contributed by atoms with Crippen LogP contribution in [0.4, 0.5) is 34.1 Å². The average Bonchev–Trinajstić information content (AvgIpc) is 4.01. The summed E-state index contributed by atoms with van der Waals surface area (Å²) >= 11 is 3.84. The van der Waals surface area contributed by atoms with Crippen molar-refractivity contribution < 1.29 is 0 Å². The number of nitrogens with zero attached hydrogens (tertiary/aromatic N) is 2. The van der Waals surface area contributed by atoms with Crippen LogP contribution in [0.5, 0.6) is 0 Å². The van der Waals surface area contributed by atoms with Gasteiger partial charge in [-0.1, -0.05) is 182 Å². The second kappa shape index (κ2) is 16.6. The molecule has 14 rings (SSSR count). The summed E-state index contributed by atoms with van der Waals surface area (Å²) < 4.78 is 5.24. The first-order chi connectivity index (χ1) is 34.7. The molecule has 0 atom stereocenters. The van der Waals surface area contributed by atoms with E-state index in [9.17, 15) is 0 Å². The molecule has 0 radical (unpaired) electrons. The van der Waals surface area contributed by atoms with E-state index in [0.717, 1.165) is 34.1 Å². The smallest absolute Gasteiger partial charge is 0.0540 e. The zero-order chi connectivity index (χ0) is 46.1. The van der Waals surface area contributed by atoms with Gasteiger partial charge in [0.05, 0.1) is 9.40 Å². The van der Waals surface area contributed by atoms with E-state index in [2.05, 4.69) is 265 Å². The molecule has 0 fully saturated rings. The van der Waals surface area contributed by atoms with E-state index in [1.165, 1.54) is 94.9 Å². The van der Waals surface area contributed by atoms with Crippen molar-refractivity contribution in [2.24, 2.45) is 0 Å². The molecule has 0 unspecified atom stereocenters. The van der Waals surface area contributed by atoms with Crippen LogP contribution in [0, 0.1) is 0 Å². The summed E-state index contributed by atoms with van der Waals surface area (Å²) in [6, 6.07) is 93.2. The van der Waals surface area contributed by atoms with Crippen molar-refractivity contribution in [1.82, 2.24) is 0 Å². The van der Waals surface area contributed by atoms with Gasteiger partial charge < -0.3 is 9.80 Å². The minimum Gasteiger partial charge on any atom is -0.310 e. The summed E-state index contributed by atoms with van der Waals surface area (Å²) in [7, 11) is 0. The summed E-state index contributed by atoms with van der Waals surface area (Å²) in [6.45, 7) is 0. The molecule has 0 spiro atoms. The zero-order valence-corrected chi connectivity index (χ0v) is 39.6. The highest BCUT2D eigenvalue weighted by atomic mass is 32.1. The van der Waals surface area contributed by atoms with Crippen molar-refractivity contribution >= 4 is 129 Å². The fraction of sp³-hybridized carbons (Fsp3) is 0. The standard InChI is InChI=1S/C66H42N2S2/c1-3-19-47(20-4-1)67(49-33-29-45(30-34-49)55-27-13-17-43-15-7-9-23-53(43)55)51-37-39-59-61(41-51)69-65-63(59)57-25-11-12-26-58(57)64-60-40-38-52(42-62(60)70-66(64)65)68(48-21-5-2-6-22-48)50-35-31-46(32-36-50)56-28-14-18-44-16-8-10-24-54(44)56/h1-42H. The van der Waals surface area contributed by atoms with Gasteiger partial charge in [-0.2, -0.15) is 0 Å². The summed E-state index contributed by atoms with van der Waals surface area (Å²) in [5, 5.41) is 12.9. The highest BCUT2D eigenvalue weighted by molar-refractivity contribution is 7.33. The number of fused-ring (bicyclic) bond motifs is 12. The lowest BCUT2D eigenvalue weighted by atomic mass is 9.98. The predicted molar refractivity (Wildman–Crippen MR) is 305 cm³/mol. The Morgan fingerprint density at radius 1 is 0.243 bits per heavy atom. The van der Waals surface area contributed by atoms with Gasteiger partial charge in [0.2, 0.25) is 0 Å². The lowest BCUT2D eigenvalue weighted by Crippen LogP contribution is -2.09. The van der Waals surface area contributed by atoms with Crippen LogP contribution >= 0.6 is 22.7 Å². The average molecular weight is 927 g/mol. The minimum absolute atomic E-state index is 1.12. The number of hydrogen-bond donors (Lipinski definition) is 0. The van der Waals surface area contributed by atoms with Crippen LogP contribution in [0.2, 0.25) is 0 Å². The van der Waals surface area contributed by atoms with Gasteiger partial charge in [0.1, 0.15) is 0 Å². The van der Waals surface area contributed by atoms with Crippen LogP contribution in [0.3, 0.4) is 0 Å². The Morgan fingerprint density at radius 2 is 0.586 bits per heavy atom. The Labute approximate surface area is 413 Å². The third-order valence-electron chi connectivity index (χ3n) is 14.0. The fourth-order valence-corrected chi connectivity index (χ4v) is 13.4. The molecule has 0 saturated heterocycles. The molecule has 4 heteroatoms. The minimum atomic E-state index is 1.12. The van der Waals surface area contributed by atoms with Gasteiger partial charge in [0, 0.05) is 65.1 Å². The normalized spacial score (nSPS) is 11.7. The molecule has 0 bridgehead atoms. The van der Waals surface area contributed by atoms with Crippen molar-refractivity contribution in [1.29, 1.82) is 0 Å². The van der Waals surface area contributed by atoms with Crippen LogP contribution in [0.15, 0.2) is 255 Å². The molecule has 12 aromatic carbocycles. The van der Waals surface area contributed by atoms with E-state index in [-0.39, 0.29) is 0 Å². The summed E-state index contributed by atoms with van der Waals surface area (Å²) in [6.07, 6.45) is 0. The topological polar surface area (TPSA) is 6.48 Å². The Balaban J connectivity index is 0.892. The van der Waals surface area contributed by atoms with Gasteiger partial charge in [0.25, 0.3) is 0 Å². The first kappa shape index (κ1) is 40.5. The van der Waals surface area contributed by atoms with E-state index < -0.39 is 0 Å². The molecule has 0 saturated carbocycles. The molecular weight excluding hydrogens is 885 g/mol. The van der Waals surface area contributed by atoms with Gasteiger partial charge in [-0.05, 0) is 127 Å². The van der Waals surface area contributed by atoms with Gasteiger partial charge in [0.15, 0.2) is 0 Å². The number of rotatable bonds is 8. The molecule has 2 aromatic heterocycles. The Kier molecular flexibility index (Phi) is 9.61. The van der Waals surface area contributed by atoms with Gasteiger partial charge in [-0.25, -0.2) is 0 Å². The second-order valence-corrected chi connectivity index (χ2v) is 20.1. The maximum atomic E-state index is 2.40. The molecule has 0 aliphatic rings. The van der Waals surface area contributed by atoms with Crippen LogP contribution in [-0.2, 0) is 0 Å². The molecule has 0 N–H and O–H groups in total. The van der Waals surface area contributed by atoms with Crippen LogP contribution in [0.1, 0.15) is 0 Å².